The summed E-state index contributed by atoms with van der Waals surface area (Å²) < 4.78 is 14.6. The Hall–Kier alpha value is -2.87. The summed E-state index contributed by atoms with van der Waals surface area (Å²) in [5.74, 6) is 0.809. The molecule has 4 heterocycles. The lowest BCUT2D eigenvalue weighted by atomic mass is 10.1. The van der Waals surface area contributed by atoms with Gasteiger partial charge in [0.15, 0.2) is 5.65 Å². The van der Waals surface area contributed by atoms with Crippen LogP contribution in [0.4, 0.5) is 10.2 Å². The predicted molar refractivity (Wildman–Crippen MR) is 114 cm³/mol. The van der Waals surface area contributed by atoms with Crippen LogP contribution in [0.2, 0.25) is 0 Å². The van der Waals surface area contributed by atoms with E-state index in [1.165, 1.54) is 6.20 Å². The number of rotatable bonds is 4. The highest BCUT2D eigenvalue weighted by atomic mass is 32.1. The molecule has 8 heteroatoms. The second-order valence-corrected chi connectivity index (χ2v) is 7.67. The van der Waals surface area contributed by atoms with E-state index in [2.05, 4.69) is 19.9 Å². The van der Waals surface area contributed by atoms with Crippen LogP contribution in [0, 0.1) is 0 Å². The van der Waals surface area contributed by atoms with Crippen molar-refractivity contribution in [1.82, 2.24) is 15.0 Å². The number of anilines is 1. The molecule has 0 bridgehead atoms. The summed E-state index contributed by atoms with van der Waals surface area (Å²) >= 11 is 1.56. The lowest BCUT2D eigenvalue weighted by Gasteiger charge is -2.29. The molecule has 3 aromatic heterocycles. The fraction of sp³-hybridized carbons (Fsp3) is 0.300. The SMILES string of the molecule is CN=CC(=CN)c1ccc2sc(-c3ccc(N4CCC[C@H](F)C4)nc3)nc2n1. The van der Waals surface area contributed by atoms with Crippen LogP contribution in [0.1, 0.15) is 18.5 Å². The van der Waals surface area contributed by atoms with Gasteiger partial charge in [-0.1, -0.05) is 0 Å². The van der Waals surface area contributed by atoms with Crippen LogP contribution in [-0.2, 0) is 0 Å². The lowest BCUT2D eigenvalue weighted by Crippen LogP contribution is -2.36. The van der Waals surface area contributed by atoms with E-state index >= 15 is 0 Å². The number of aromatic nitrogens is 3. The van der Waals surface area contributed by atoms with E-state index in [1.807, 2.05) is 29.2 Å². The molecular weight excluding hydrogens is 375 g/mol. The molecule has 6 nitrogen and oxygen atoms in total. The summed E-state index contributed by atoms with van der Waals surface area (Å²) in [6.07, 6.45) is 5.68. The smallest absolute Gasteiger partial charge is 0.171 e. The van der Waals surface area contributed by atoms with E-state index < -0.39 is 6.17 Å². The first kappa shape index (κ1) is 18.5. The molecule has 0 aromatic carbocycles. The molecule has 28 heavy (non-hydrogen) atoms. The second kappa shape index (κ2) is 8.02. The van der Waals surface area contributed by atoms with Crippen LogP contribution >= 0.6 is 11.3 Å². The summed E-state index contributed by atoms with van der Waals surface area (Å²) in [4.78, 5) is 19.8. The van der Waals surface area contributed by atoms with Gasteiger partial charge in [0.2, 0.25) is 0 Å². The van der Waals surface area contributed by atoms with Crippen LogP contribution in [0.25, 0.3) is 26.5 Å². The standard InChI is InChI=1S/C20H21FN6S/c1-23-10-14(9-22)16-5-6-17-19(25-16)26-20(28-17)13-4-7-18(24-11-13)27-8-2-3-15(21)12-27/h4-7,9-11,15H,2-3,8,12,22H2,1H3/t15-/m0/s1. The van der Waals surface area contributed by atoms with Gasteiger partial charge in [-0.3, -0.25) is 4.99 Å². The Bertz CT molecular complexity index is 1030. The molecule has 0 spiro atoms. The van der Waals surface area contributed by atoms with Crippen molar-refractivity contribution >= 4 is 39.3 Å². The molecule has 0 unspecified atom stereocenters. The van der Waals surface area contributed by atoms with Gasteiger partial charge in [-0.05, 0) is 37.1 Å². The third-order valence-electron chi connectivity index (χ3n) is 4.68. The Morgan fingerprint density at radius 2 is 2.21 bits per heavy atom. The third kappa shape index (κ3) is 3.73. The third-order valence-corrected chi connectivity index (χ3v) is 5.74. The number of thiazole rings is 1. The molecule has 1 atom stereocenters. The quantitative estimate of drug-likeness (QED) is 0.680. The summed E-state index contributed by atoms with van der Waals surface area (Å²) in [6.45, 7) is 1.26. The van der Waals surface area contributed by atoms with Crippen LogP contribution in [0.5, 0.6) is 0 Å². The van der Waals surface area contributed by atoms with Gasteiger partial charge < -0.3 is 10.6 Å². The molecule has 0 aliphatic carbocycles. The zero-order valence-electron chi connectivity index (χ0n) is 15.5. The summed E-state index contributed by atoms with van der Waals surface area (Å²) in [5, 5.41) is 0.850. The first-order valence-corrected chi connectivity index (χ1v) is 9.97. The van der Waals surface area contributed by atoms with Gasteiger partial charge >= 0.3 is 0 Å². The van der Waals surface area contributed by atoms with E-state index in [1.54, 1.807) is 30.8 Å². The molecule has 0 amide bonds. The number of hydrogen-bond donors (Lipinski definition) is 1. The largest absolute Gasteiger partial charge is 0.404 e. The van der Waals surface area contributed by atoms with Gasteiger partial charge in [0.25, 0.3) is 0 Å². The van der Waals surface area contributed by atoms with Gasteiger partial charge in [-0.2, -0.15) is 0 Å². The maximum Gasteiger partial charge on any atom is 0.171 e. The van der Waals surface area contributed by atoms with Crippen LogP contribution in [0.15, 0.2) is 41.7 Å². The molecule has 1 saturated heterocycles. The average molecular weight is 396 g/mol. The summed E-state index contributed by atoms with van der Waals surface area (Å²) in [7, 11) is 1.69. The molecule has 4 rings (SSSR count). The molecule has 0 radical (unpaired) electrons. The molecular formula is C20H21FN6S. The molecule has 1 aliphatic rings. The van der Waals surface area contributed by atoms with Gasteiger partial charge in [0, 0.05) is 43.3 Å². The number of allylic oxidation sites excluding steroid dienone is 1. The summed E-state index contributed by atoms with van der Waals surface area (Å²) in [6, 6.07) is 7.82. The minimum Gasteiger partial charge on any atom is -0.404 e. The maximum absolute atomic E-state index is 13.6. The van der Waals surface area contributed by atoms with E-state index in [-0.39, 0.29) is 0 Å². The Kier molecular flexibility index (Phi) is 5.29. The van der Waals surface area contributed by atoms with Crippen molar-refractivity contribution in [1.29, 1.82) is 0 Å². The highest BCUT2D eigenvalue weighted by molar-refractivity contribution is 7.21. The topological polar surface area (TPSA) is 80.3 Å². The normalized spacial score (nSPS) is 18.3. The van der Waals surface area contributed by atoms with Crippen LogP contribution < -0.4 is 10.6 Å². The number of aliphatic imine (C=N–C) groups is 1. The molecule has 2 N–H and O–H groups in total. The first-order chi connectivity index (χ1) is 13.7. The predicted octanol–water partition coefficient (Wildman–Crippen LogP) is 3.69. The maximum atomic E-state index is 13.6. The Balaban J connectivity index is 1.60. The van der Waals surface area contributed by atoms with Gasteiger partial charge in [-0.25, -0.2) is 19.3 Å². The minimum atomic E-state index is -0.773. The molecule has 0 saturated carbocycles. The zero-order valence-corrected chi connectivity index (χ0v) is 16.4. The van der Waals surface area contributed by atoms with Crippen LogP contribution in [0.3, 0.4) is 0 Å². The van der Waals surface area contributed by atoms with E-state index in [0.29, 0.717) is 18.6 Å². The van der Waals surface area contributed by atoms with E-state index in [4.69, 9.17) is 5.73 Å². The van der Waals surface area contributed by atoms with Crippen LogP contribution in [-0.4, -0.2) is 47.5 Å². The van der Waals surface area contributed by atoms with Gasteiger partial charge in [0.05, 0.1) is 16.9 Å². The number of piperidine rings is 1. The highest BCUT2D eigenvalue weighted by Gasteiger charge is 2.20. The Morgan fingerprint density at radius 1 is 1.32 bits per heavy atom. The highest BCUT2D eigenvalue weighted by Crippen LogP contribution is 2.31. The first-order valence-electron chi connectivity index (χ1n) is 9.15. The lowest BCUT2D eigenvalue weighted by molar-refractivity contribution is 0.286. The monoisotopic (exact) mass is 396 g/mol. The van der Waals surface area contributed by atoms with Crippen molar-refractivity contribution in [3.8, 4) is 10.6 Å². The number of nitrogens with zero attached hydrogens (tertiary/aromatic N) is 5. The van der Waals surface area contributed by atoms with E-state index in [9.17, 15) is 4.39 Å². The Labute approximate surface area is 166 Å². The van der Waals surface area contributed by atoms with Crippen molar-refractivity contribution in [3.05, 3.63) is 42.4 Å². The van der Waals surface area contributed by atoms with Crippen molar-refractivity contribution < 1.29 is 4.39 Å². The van der Waals surface area contributed by atoms with Crippen molar-refractivity contribution in [3.63, 3.8) is 0 Å². The van der Waals surface area contributed by atoms with Crippen molar-refractivity contribution in [2.45, 2.75) is 19.0 Å². The van der Waals surface area contributed by atoms with Crippen molar-refractivity contribution in [2.75, 3.05) is 25.0 Å². The number of fused-ring (bicyclic) bond motifs is 1. The minimum absolute atomic E-state index is 0.415. The number of alkyl halides is 1. The fourth-order valence-corrected chi connectivity index (χ4v) is 4.17. The average Bonchev–Trinajstić information content (AvgIpc) is 3.15. The Morgan fingerprint density at radius 3 is 2.93 bits per heavy atom. The van der Waals surface area contributed by atoms with Gasteiger partial charge in [0.1, 0.15) is 17.0 Å². The number of hydrogen-bond acceptors (Lipinski definition) is 7. The summed E-state index contributed by atoms with van der Waals surface area (Å²) in [5.41, 5.74) is 8.74. The fourth-order valence-electron chi connectivity index (χ4n) is 3.27. The number of nitrogens with two attached hydrogens (primary N) is 1. The molecule has 1 fully saturated rings. The molecule has 1 aliphatic heterocycles. The number of halogens is 1. The van der Waals surface area contributed by atoms with Crippen molar-refractivity contribution in [2.24, 2.45) is 10.7 Å². The second-order valence-electron chi connectivity index (χ2n) is 6.64. The molecule has 3 aromatic rings. The zero-order chi connectivity index (χ0) is 19.5. The number of pyridine rings is 2. The van der Waals surface area contributed by atoms with Gasteiger partial charge in [-0.15, -0.1) is 11.3 Å². The molecule has 144 valence electrons. The van der Waals surface area contributed by atoms with E-state index in [0.717, 1.165) is 45.3 Å².